The molecule has 0 bridgehead atoms. The van der Waals surface area contributed by atoms with E-state index in [9.17, 15) is 4.79 Å². The Hall–Kier alpha value is -1.68. The minimum absolute atomic E-state index is 0.0186. The highest BCUT2D eigenvalue weighted by molar-refractivity contribution is 7.80. The molecule has 3 nitrogen and oxygen atoms in total. The van der Waals surface area contributed by atoms with E-state index in [0.29, 0.717) is 5.75 Å². The van der Waals surface area contributed by atoms with Gasteiger partial charge in [-0.2, -0.15) is 12.6 Å². The molecule has 0 atom stereocenters. The zero-order chi connectivity index (χ0) is 12.3. The molecule has 4 heteroatoms. The van der Waals surface area contributed by atoms with Crippen molar-refractivity contribution >= 4 is 35.6 Å². The standard InChI is InChI=1S/C13H13NO2S/c15-13(16)9-14-8-10(4-3-7-17)11-5-1-2-6-12(11)14/h1-6,8,17H,7,9H2,(H,15,16). The van der Waals surface area contributed by atoms with Gasteiger partial charge in [0, 0.05) is 22.9 Å². The third-order valence-electron chi connectivity index (χ3n) is 2.53. The summed E-state index contributed by atoms with van der Waals surface area (Å²) in [6.07, 6.45) is 5.77. The minimum atomic E-state index is -0.838. The number of aliphatic carboxylic acids is 1. The van der Waals surface area contributed by atoms with Gasteiger partial charge in [0.05, 0.1) is 0 Å². The van der Waals surface area contributed by atoms with E-state index in [2.05, 4.69) is 12.6 Å². The third kappa shape index (κ3) is 2.53. The van der Waals surface area contributed by atoms with E-state index < -0.39 is 5.97 Å². The maximum absolute atomic E-state index is 10.8. The molecule has 1 heterocycles. The lowest BCUT2D eigenvalue weighted by atomic mass is 10.2. The number of fused-ring (bicyclic) bond motifs is 1. The van der Waals surface area contributed by atoms with Gasteiger partial charge in [0.25, 0.3) is 0 Å². The van der Waals surface area contributed by atoms with Crippen LogP contribution in [0.25, 0.3) is 17.0 Å². The van der Waals surface area contributed by atoms with E-state index in [4.69, 9.17) is 5.11 Å². The Morgan fingerprint density at radius 1 is 1.41 bits per heavy atom. The van der Waals surface area contributed by atoms with E-state index in [1.165, 1.54) is 0 Å². The molecule has 0 aliphatic rings. The van der Waals surface area contributed by atoms with Crippen molar-refractivity contribution in [1.29, 1.82) is 0 Å². The monoisotopic (exact) mass is 247 g/mol. The smallest absolute Gasteiger partial charge is 0.323 e. The topological polar surface area (TPSA) is 42.2 Å². The predicted octanol–water partition coefficient (Wildman–Crippen LogP) is 2.67. The van der Waals surface area contributed by atoms with Crippen molar-refractivity contribution < 1.29 is 9.90 Å². The van der Waals surface area contributed by atoms with E-state index in [1.54, 1.807) is 4.57 Å². The van der Waals surface area contributed by atoms with Crippen molar-refractivity contribution in [2.24, 2.45) is 0 Å². The van der Waals surface area contributed by atoms with Gasteiger partial charge in [0.2, 0.25) is 0 Å². The van der Waals surface area contributed by atoms with Gasteiger partial charge in [-0.1, -0.05) is 30.4 Å². The fraction of sp³-hybridized carbons (Fsp3) is 0.154. The van der Waals surface area contributed by atoms with Crippen molar-refractivity contribution in [3.63, 3.8) is 0 Å². The molecular formula is C13H13NO2S. The summed E-state index contributed by atoms with van der Waals surface area (Å²) >= 11 is 4.12. The molecule has 1 aromatic heterocycles. The number of para-hydroxylation sites is 1. The van der Waals surface area contributed by atoms with Crippen molar-refractivity contribution in [2.45, 2.75) is 6.54 Å². The highest BCUT2D eigenvalue weighted by Crippen LogP contribution is 2.22. The first-order valence-electron chi connectivity index (χ1n) is 5.29. The van der Waals surface area contributed by atoms with Gasteiger partial charge in [-0.15, -0.1) is 0 Å². The quantitative estimate of drug-likeness (QED) is 0.816. The lowest BCUT2D eigenvalue weighted by Crippen LogP contribution is -2.07. The van der Waals surface area contributed by atoms with Crippen LogP contribution in [0.3, 0.4) is 0 Å². The lowest BCUT2D eigenvalue weighted by molar-refractivity contribution is -0.137. The molecule has 0 saturated carbocycles. The molecule has 0 aliphatic heterocycles. The number of hydrogen-bond donors (Lipinski definition) is 2. The summed E-state index contributed by atoms with van der Waals surface area (Å²) in [6, 6.07) is 7.78. The molecule has 0 unspecified atom stereocenters. The Balaban J connectivity index is 2.54. The van der Waals surface area contributed by atoms with Crippen LogP contribution < -0.4 is 0 Å². The molecule has 2 aromatic rings. The molecule has 0 fully saturated rings. The molecule has 0 saturated heterocycles. The zero-order valence-corrected chi connectivity index (χ0v) is 10.1. The predicted molar refractivity (Wildman–Crippen MR) is 72.5 cm³/mol. The van der Waals surface area contributed by atoms with Crippen molar-refractivity contribution in [3.8, 4) is 0 Å². The summed E-state index contributed by atoms with van der Waals surface area (Å²) < 4.78 is 1.75. The average Bonchev–Trinajstić information content (AvgIpc) is 2.65. The van der Waals surface area contributed by atoms with Crippen molar-refractivity contribution in [1.82, 2.24) is 4.57 Å². The van der Waals surface area contributed by atoms with Gasteiger partial charge in [-0.25, -0.2) is 0 Å². The van der Waals surface area contributed by atoms with Crippen LogP contribution in [0.1, 0.15) is 5.56 Å². The SMILES string of the molecule is O=C(O)Cn1cc(C=CCS)c2ccccc21. The van der Waals surface area contributed by atoms with Crippen LogP contribution in [0.5, 0.6) is 0 Å². The largest absolute Gasteiger partial charge is 0.480 e. The first kappa shape index (κ1) is 11.8. The second kappa shape index (κ2) is 5.10. The number of carboxylic acids is 1. The van der Waals surface area contributed by atoms with Crippen LogP contribution in [0.2, 0.25) is 0 Å². The van der Waals surface area contributed by atoms with Crippen molar-refractivity contribution in [2.75, 3.05) is 5.75 Å². The van der Waals surface area contributed by atoms with Crippen LogP contribution >= 0.6 is 12.6 Å². The summed E-state index contributed by atoms with van der Waals surface area (Å²) in [5.41, 5.74) is 1.96. The van der Waals surface area contributed by atoms with Crippen molar-refractivity contribution in [3.05, 3.63) is 42.1 Å². The molecule has 0 radical (unpaired) electrons. The van der Waals surface area contributed by atoms with Gasteiger partial charge < -0.3 is 9.67 Å². The normalized spacial score (nSPS) is 11.4. The fourth-order valence-corrected chi connectivity index (χ4v) is 1.97. The van der Waals surface area contributed by atoms with E-state index in [1.807, 2.05) is 42.6 Å². The number of benzene rings is 1. The van der Waals surface area contributed by atoms with Crippen LogP contribution in [0.15, 0.2) is 36.5 Å². The average molecular weight is 247 g/mol. The number of thiol groups is 1. The van der Waals surface area contributed by atoms with Crippen LogP contribution in [0, 0.1) is 0 Å². The molecule has 17 heavy (non-hydrogen) atoms. The van der Waals surface area contributed by atoms with Gasteiger partial charge in [-0.05, 0) is 11.6 Å². The molecule has 1 aromatic carbocycles. The highest BCUT2D eigenvalue weighted by Gasteiger charge is 2.07. The number of nitrogens with zero attached hydrogens (tertiary/aromatic N) is 1. The zero-order valence-electron chi connectivity index (χ0n) is 9.21. The first-order valence-corrected chi connectivity index (χ1v) is 5.92. The summed E-state index contributed by atoms with van der Waals surface area (Å²) in [6.45, 7) is -0.0186. The second-order valence-corrected chi connectivity index (χ2v) is 4.07. The summed E-state index contributed by atoms with van der Waals surface area (Å²) in [4.78, 5) is 10.8. The number of aromatic nitrogens is 1. The Morgan fingerprint density at radius 3 is 2.88 bits per heavy atom. The lowest BCUT2D eigenvalue weighted by Gasteiger charge is -1.99. The second-order valence-electron chi connectivity index (χ2n) is 3.71. The molecule has 0 amide bonds. The Labute approximate surface area is 105 Å². The first-order chi connectivity index (χ1) is 8.22. The number of carboxylic acid groups (broad SMARTS) is 1. The van der Waals surface area contributed by atoms with Crippen LogP contribution in [-0.4, -0.2) is 21.4 Å². The Kier molecular flexibility index (Phi) is 3.54. The van der Waals surface area contributed by atoms with E-state index in [-0.39, 0.29) is 6.54 Å². The fourth-order valence-electron chi connectivity index (χ4n) is 1.86. The Morgan fingerprint density at radius 2 is 2.18 bits per heavy atom. The highest BCUT2D eigenvalue weighted by atomic mass is 32.1. The van der Waals surface area contributed by atoms with Gasteiger partial charge in [-0.3, -0.25) is 4.79 Å². The third-order valence-corrected chi connectivity index (χ3v) is 2.74. The molecule has 2 rings (SSSR count). The molecule has 0 spiro atoms. The van der Waals surface area contributed by atoms with Gasteiger partial charge in [0.1, 0.15) is 6.54 Å². The summed E-state index contributed by atoms with van der Waals surface area (Å²) in [5.74, 6) is -0.172. The maximum Gasteiger partial charge on any atom is 0.323 e. The van der Waals surface area contributed by atoms with E-state index in [0.717, 1.165) is 16.5 Å². The van der Waals surface area contributed by atoms with Crippen LogP contribution in [0.4, 0.5) is 0 Å². The molecule has 88 valence electrons. The van der Waals surface area contributed by atoms with Gasteiger partial charge >= 0.3 is 5.97 Å². The molecule has 0 aliphatic carbocycles. The maximum atomic E-state index is 10.8. The van der Waals surface area contributed by atoms with Crippen LogP contribution in [-0.2, 0) is 11.3 Å². The number of carbonyl (C=O) groups is 1. The minimum Gasteiger partial charge on any atom is -0.480 e. The summed E-state index contributed by atoms with van der Waals surface area (Å²) in [5, 5.41) is 9.92. The molecule has 1 N–H and O–H groups in total. The number of hydrogen-bond acceptors (Lipinski definition) is 2. The van der Waals surface area contributed by atoms with E-state index >= 15 is 0 Å². The van der Waals surface area contributed by atoms with Gasteiger partial charge in [0.15, 0.2) is 0 Å². The Bertz CT molecular complexity index is 572. The number of rotatable bonds is 4. The molecular weight excluding hydrogens is 234 g/mol. The summed E-state index contributed by atoms with van der Waals surface area (Å²) in [7, 11) is 0.